The zero-order valence-electron chi connectivity index (χ0n) is 12.2. The van der Waals surface area contributed by atoms with Gasteiger partial charge < -0.3 is 14.8 Å². The molecule has 0 saturated carbocycles. The van der Waals surface area contributed by atoms with E-state index in [9.17, 15) is 0 Å². The van der Waals surface area contributed by atoms with Crippen LogP contribution in [0.2, 0.25) is 0 Å². The molecule has 106 valence electrons. The normalized spacial score (nSPS) is 11.9. The molecular weight excluding hydrogens is 238 g/mol. The number of hydrogen-bond acceptors (Lipinski definition) is 3. The summed E-state index contributed by atoms with van der Waals surface area (Å²) in [7, 11) is 0. The summed E-state index contributed by atoms with van der Waals surface area (Å²) in [5, 5.41) is 3.39. The van der Waals surface area contributed by atoms with Gasteiger partial charge in [0.2, 0.25) is 0 Å². The number of para-hydroxylation sites is 1. The van der Waals surface area contributed by atoms with Gasteiger partial charge in [0.1, 0.15) is 6.10 Å². The summed E-state index contributed by atoms with van der Waals surface area (Å²) in [4.78, 5) is 0. The summed E-state index contributed by atoms with van der Waals surface area (Å²) < 4.78 is 11.6. The number of benzene rings is 1. The second-order valence-electron chi connectivity index (χ2n) is 4.41. The molecule has 0 aliphatic heterocycles. The van der Waals surface area contributed by atoms with Crippen LogP contribution in [-0.4, -0.2) is 19.3 Å². The first kappa shape index (κ1) is 15.6. The summed E-state index contributed by atoms with van der Waals surface area (Å²) in [6.07, 6.45) is 2.86. The van der Waals surface area contributed by atoms with Crippen molar-refractivity contribution in [2.45, 2.75) is 39.8 Å². The van der Waals surface area contributed by atoms with Crippen molar-refractivity contribution in [3.8, 4) is 11.5 Å². The third-order valence-corrected chi connectivity index (χ3v) is 2.74. The summed E-state index contributed by atoms with van der Waals surface area (Å²) in [6, 6.07) is 6.01. The van der Waals surface area contributed by atoms with Gasteiger partial charge in [-0.1, -0.05) is 31.7 Å². The fourth-order valence-corrected chi connectivity index (χ4v) is 1.74. The van der Waals surface area contributed by atoms with Gasteiger partial charge in [-0.15, -0.1) is 0 Å². The Balaban J connectivity index is 2.92. The Labute approximate surface area is 116 Å². The summed E-state index contributed by atoms with van der Waals surface area (Å²) in [5.41, 5.74) is 1.12. The smallest absolute Gasteiger partial charge is 0.166 e. The van der Waals surface area contributed by atoms with E-state index in [1.54, 1.807) is 6.08 Å². The van der Waals surface area contributed by atoms with E-state index in [1.165, 1.54) is 0 Å². The summed E-state index contributed by atoms with van der Waals surface area (Å²) in [6.45, 7) is 12.3. The number of nitrogens with one attached hydrogen (secondary N) is 1. The van der Waals surface area contributed by atoms with Gasteiger partial charge in [-0.05, 0) is 32.9 Å². The summed E-state index contributed by atoms with van der Waals surface area (Å²) >= 11 is 0. The Hall–Kier alpha value is -1.48. The number of ether oxygens (including phenoxy) is 2. The maximum absolute atomic E-state index is 5.93. The third-order valence-electron chi connectivity index (χ3n) is 2.74. The third kappa shape index (κ3) is 4.95. The van der Waals surface area contributed by atoms with E-state index < -0.39 is 0 Å². The van der Waals surface area contributed by atoms with Gasteiger partial charge in [-0.25, -0.2) is 0 Å². The minimum Gasteiger partial charge on any atom is -0.490 e. The van der Waals surface area contributed by atoms with Crippen molar-refractivity contribution in [1.29, 1.82) is 0 Å². The fourth-order valence-electron chi connectivity index (χ4n) is 1.74. The van der Waals surface area contributed by atoms with E-state index in [4.69, 9.17) is 9.47 Å². The van der Waals surface area contributed by atoms with Gasteiger partial charge in [-0.2, -0.15) is 0 Å². The lowest BCUT2D eigenvalue weighted by atomic mass is 10.1. The van der Waals surface area contributed by atoms with Gasteiger partial charge in [0, 0.05) is 12.1 Å². The van der Waals surface area contributed by atoms with Gasteiger partial charge in [0.05, 0.1) is 6.61 Å². The highest BCUT2D eigenvalue weighted by molar-refractivity contribution is 5.47. The lowest BCUT2D eigenvalue weighted by Gasteiger charge is -2.18. The molecule has 1 atom stereocenters. The Kier molecular flexibility index (Phi) is 7.04. The molecule has 0 bridgehead atoms. The predicted octanol–water partition coefficient (Wildman–Crippen LogP) is 3.54. The van der Waals surface area contributed by atoms with Crippen LogP contribution in [0.1, 0.15) is 32.8 Å². The quantitative estimate of drug-likeness (QED) is 0.546. The highest BCUT2D eigenvalue weighted by Gasteiger charge is 2.12. The van der Waals surface area contributed by atoms with E-state index >= 15 is 0 Å². The van der Waals surface area contributed by atoms with E-state index in [0.29, 0.717) is 6.61 Å². The minimum absolute atomic E-state index is 0.0356. The van der Waals surface area contributed by atoms with Crippen LogP contribution in [0.5, 0.6) is 11.5 Å². The van der Waals surface area contributed by atoms with Crippen molar-refractivity contribution < 1.29 is 9.47 Å². The zero-order valence-corrected chi connectivity index (χ0v) is 12.2. The van der Waals surface area contributed by atoms with Crippen LogP contribution in [0.4, 0.5) is 0 Å². The second kappa shape index (κ2) is 8.59. The largest absolute Gasteiger partial charge is 0.490 e. The Morgan fingerprint density at radius 1 is 1.37 bits per heavy atom. The van der Waals surface area contributed by atoms with Crippen molar-refractivity contribution in [3.05, 3.63) is 36.4 Å². The van der Waals surface area contributed by atoms with Crippen molar-refractivity contribution in [3.63, 3.8) is 0 Å². The molecule has 0 radical (unpaired) electrons. The Morgan fingerprint density at radius 3 is 2.79 bits per heavy atom. The first-order valence-corrected chi connectivity index (χ1v) is 6.97. The monoisotopic (exact) mass is 263 g/mol. The molecule has 0 aliphatic carbocycles. The molecule has 1 rings (SSSR count). The first-order chi connectivity index (χ1) is 9.22. The SMILES string of the molecule is C=CC(C)Oc1c(CNCCC)cccc1OCC. The van der Waals surface area contributed by atoms with Crippen LogP contribution < -0.4 is 14.8 Å². The zero-order chi connectivity index (χ0) is 14.1. The fraction of sp³-hybridized carbons (Fsp3) is 0.500. The molecule has 0 aromatic heterocycles. The topological polar surface area (TPSA) is 30.5 Å². The molecule has 0 saturated heterocycles. The van der Waals surface area contributed by atoms with Gasteiger partial charge in [-0.3, -0.25) is 0 Å². The molecular formula is C16H25NO2. The van der Waals surface area contributed by atoms with Crippen molar-refractivity contribution in [1.82, 2.24) is 5.32 Å². The van der Waals surface area contributed by atoms with Gasteiger partial charge in [0.15, 0.2) is 11.5 Å². The minimum atomic E-state index is -0.0356. The number of hydrogen-bond donors (Lipinski definition) is 1. The molecule has 0 fully saturated rings. The molecule has 19 heavy (non-hydrogen) atoms. The second-order valence-corrected chi connectivity index (χ2v) is 4.41. The van der Waals surface area contributed by atoms with Crippen molar-refractivity contribution in [2.24, 2.45) is 0 Å². The molecule has 0 aliphatic rings. The van der Waals surface area contributed by atoms with E-state index in [2.05, 4.69) is 24.9 Å². The predicted molar refractivity (Wildman–Crippen MR) is 79.9 cm³/mol. The van der Waals surface area contributed by atoms with Gasteiger partial charge in [0.25, 0.3) is 0 Å². The lowest BCUT2D eigenvalue weighted by Crippen LogP contribution is -2.17. The van der Waals surface area contributed by atoms with Gasteiger partial charge >= 0.3 is 0 Å². The van der Waals surface area contributed by atoms with Crippen molar-refractivity contribution in [2.75, 3.05) is 13.2 Å². The van der Waals surface area contributed by atoms with Crippen LogP contribution in [0.15, 0.2) is 30.9 Å². The lowest BCUT2D eigenvalue weighted by molar-refractivity contribution is 0.242. The van der Waals surface area contributed by atoms with E-state index in [-0.39, 0.29) is 6.10 Å². The number of rotatable bonds is 9. The maximum atomic E-state index is 5.93. The average Bonchev–Trinajstić information content (AvgIpc) is 2.42. The van der Waals surface area contributed by atoms with E-state index in [1.807, 2.05) is 26.0 Å². The first-order valence-electron chi connectivity index (χ1n) is 6.97. The maximum Gasteiger partial charge on any atom is 0.166 e. The molecule has 3 heteroatoms. The molecule has 1 unspecified atom stereocenters. The van der Waals surface area contributed by atoms with Crippen LogP contribution in [-0.2, 0) is 6.54 Å². The Morgan fingerprint density at radius 2 is 2.16 bits per heavy atom. The van der Waals surface area contributed by atoms with Crippen LogP contribution in [0, 0.1) is 0 Å². The molecule has 0 amide bonds. The molecule has 3 nitrogen and oxygen atoms in total. The van der Waals surface area contributed by atoms with E-state index in [0.717, 1.165) is 36.6 Å². The molecule has 1 N–H and O–H groups in total. The Bertz CT molecular complexity index is 390. The molecule has 1 aromatic rings. The van der Waals surface area contributed by atoms with Crippen LogP contribution in [0.3, 0.4) is 0 Å². The highest BCUT2D eigenvalue weighted by atomic mass is 16.5. The van der Waals surface area contributed by atoms with Crippen molar-refractivity contribution >= 4 is 0 Å². The highest BCUT2D eigenvalue weighted by Crippen LogP contribution is 2.32. The van der Waals surface area contributed by atoms with Crippen LogP contribution >= 0.6 is 0 Å². The molecule has 0 spiro atoms. The summed E-state index contributed by atoms with van der Waals surface area (Å²) in [5.74, 6) is 1.62. The standard InChI is InChI=1S/C16H25NO2/c1-5-11-17-12-14-9-8-10-15(18-7-3)16(14)19-13(4)6-2/h6,8-10,13,17H,2,5,7,11-12H2,1,3-4H3. The average molecular weight is 263 g/mol. The molecule has 0 heterocycles. The van der Waals surface area contributed by atoms with Crippen LogP contribution in [0.25, 0.3) is 0 Å². The molecule has 1 aromatic carbocycles.